The summed E-state index contributed by atoms with van der Waals surface area (Å²) in [4.78, 5) is 10.1. The lowest BCUT2D eigenvalue weighted by Gasteiger charge is -2.23. The van der Waals surface area contributed by atoms with Gasteiger partial charge in [0.1, 0.15) is 0 Å². The molecule has 6 rings (SSSR count). The second-order valence-corrected chi connectivity index (χ2v) is 10.8. The molecular weight excluding hydrogens is 576 g/mol. The number of aryl methyl sites for hydroxylation is 1. The molecule has 4 nitrogen and oxygen atoms in total. The highest BCUT2D eigenvalue weighted by molar-refractivity contribution is 9.10. The third-order valence-corrected chi connectivity index (χ3v) is 7.38. The summed E-state index contributed by atoms with van der Waals surface area (Å²) in [6.45, 7) is 2.10. The fraction of sp³-hybridized carbons (Fsp3) is 0.100. The minimum atomic E-state index is -0.0250. The Morgan fingerprint density at radius 1 is 0.750 bits per heavy atom. The SMILES string of the molecule is Cc1ccc2nc(N3N=C(c4cccc(Br)c4)CC3c3cccc(Br)c3)nc(-c3ccccc3)c2c1. The van der Waals surface area contributed by atoms with Crippen LogP contribution < -0.4 is 5.01 Å². The molecule has 0 saturated heterocycles. The molecule has 0 radical (unpaired) electrons. The van der Waals surface area contributed by atoms with Crippen LogP contribution in [0.3, 0.4) is 0 Å². The second-order valence-electron chi connectivity index (χ2n) is 8.94. The number of hydrogen-bond acceptors (Lipinski definition) is 4. The van der Waals surface area contributed by atoms with Crippen LogP contribution in [0.1, 0.15) is 29.2 Å². The van der Waals surface area contributed by atoms with Crippen molar-refractivity contribution in [2.24, 2.45) is 5.10 Å². The van der Waals surface area contributed by atoms with Crippen molar-refractivity contribution in [1.82, 2.24) is 9.97 Å². The molecule has 0 bridgehead atoms. The average molecular weight is 598 g/mol. The molecule has 36 heavy (non-hydrogen) atoms. The Hall–Kier alpha value is -3.35. The lowest BCUT2D eigenvalue weighted by Crippen LogP contribution is -2.21. The van der Waals surface area contributed by atoms with Gasteiger partial charge in [0.15, 0.2) is 0 Å². The molecule has 1 unspecified atom stereocenters. The van der Waals surface area contributed by atoms with Crippen molar-refractivity contribution in [3.63, 3.8) is 0 Å². The van der Waals surface area contributed by atoms with Gasteiger partial charge in [-0.1, -0.05) is 98.1 Å². The van der Waals surface area contributed by atoms with Crippen LogP contribution in [0.4, 0.5) is 5.95 Å². The zero-order valence-electron chi connectivity index (χ0n) is 19.6. The van der Waals surface area contributed by atoms with Crippen LogP contribution in [0.25, 0.3) is 22.2 Å². The van der Waals surface area contributed by atoms with Crippen molar-refractivity contribution in [2.75, 3.05) is 5.01 Å². The minimum Gasteiger partial charge on any atom is -0.223 e. The Balaban J connectivity index is 1.55. The highest BCUT2D eigenvalue weighted by Gasteiger charge is 2.32. The first-order valence-corrected chi connectivity index (χ1v) is 13.4. The van der Waals surface area contributed by atoms with Crippen LogP contribution in [-0.2, 0) is 0 Å². The van der Waals surface area contributed by atoms with Gasteiger partial charge in [-0.25, -0.2) is 15.0 Å². The van der Waals surface area contributed by atoms with Crippen LogP contribution in [0, 0.1) is 6.92 Å². The van der Waals surface area contributed by atoms with Crippen LogP contribution in [0.5, 0.6) is 0 Å². The Bertz CT molecular complexity index is 1610. The number of nitrogens with zero attached hydrogens (tertiary/aromatic N) is 4. The van der Waals surface area contributed by atoms with Gasteiger partial charge >= 0.3 is 0 Å². The summed E-state index contributed by atoms with van der Waals surface area (Å²) in [6.07, 6.45) is 0.753. The van der Waals surface area contributed by atoms with E-state index in [0.29, 0.717) is 5.95 Å². The molecule has 5 aromatic rings. The van der Waals surface area contributed by atoms with Gasteiger partial charge in [0, 0.05) is 26.3 Å². The molecule has 176 valence electrons. The van der Waals surface area contributed by atoms with Gasteiger partial charge in [0.05, 0.1) is 23.0 Å². The van der Waals surface area contributed by atoms with E-state index in [1.54, 1.807) is 0 Å². The average Bonchev–Trinajstić information content (AvgIpc) is 3.34. The maximum atomic E-state index is 5.12. The number of rotatable bonds is 4. The van der Waals surface area contributed by atoms with Crippen LogP contribution in [-0.4, -0.2) is 15.7 Å². The molecule has 0 aliphatic carbocycles. The van der Waals surface area contributed by atoms with E-state index >= 15 is 0 Å². The highest BCUT2D eigenvalue weighted by Crippen LogP contribution is 2.38. The summed E-state index contributed by atoms with van der Waals surface area (Å²) in [5.74, 6) is 0.597. The van der Waals surface area contributed by atoms with Gasteiger partial charge in [-0.3, -0.25) is 0 Å². The number of aromatic nitrogens is 2. The molecule has 0 fully saturated rings. The van der Waals surface area contributed by atoms with E-state index in [9.17, 15) is 0 Å². The third kappa shape index (κ3) is 4.47. The largest absolute Gasteiger partial charge is 0.247 e. The topological polar surface area (TPSA) is 41.4 Å². The van der Waals surface area contributed by atoms with Gasteiger partial charge < -0.3 is 0 Å². The number of anilines is 1. The van der Waals surface area contributed by atoms with E-state index in [-0.39, 0.29) is 6.04 Å². The molecule has 6 heteroatoms. The number of halogens is 2. The first kappa shape index (κ1) is 23.1. The predicted octanol–water partition coefficient (Wildman–Crippen LogP) is 8.49. The van der Waals surface area contributed by atoms with Gasteiger partial charge in [-0.15, -0.1) is 0 Å². The Morgan fingerprint density at radius 2 is 1.50 bits per heavy atom. The normalized spacial score (nSPS) is 15.4. The number of hydrazone groups is 1. The molecule has 0 spiro atoms. The molecule has 4 aromatic carbocycles. The third-order valence-electron chi connectivity index (χ3n) is 6.39. The minimum absolute atomic E-state index is 0.0250. The second kappa shape index (κ2) is 9.60. The van der Waals surface area contributed by atoms with E-state index in [4.69, 9.17) is 15.1 Å². The van der Waals surface area contributed by atoms with Crippen LogP contribution in [0.15, 0.2) is 111 Å². The van der Waals surface area contributed by atoms with Crippen molar-refractivity contribution < 1.29 is 0 Å². The number of fused-ring (bicyclic) bond motifs is 1. The van der Waals surface area contributed by atoms with Gasteiger partial charge in [0.25, 0.3) is 0 Å². The quantitative estimate of drug-likeness (QED) is 0.208. The Kier molecular flexibility index (Phi) is 6.15. The molecule has 1 aromatic heterocycles. The van der Waals surface area contributed by atoms with Gasteiger partial charge in [-0.2, -0.15) is 5.10 Å². The first-order valence-electron chi connectivity index (χ1n) is 11.8. The predicted molar refractivity (Wildman–Crippen MR) is 154 cm³/mol. The summed E-state index contributed by atoms with van der Waals surface area (Å²) >= 11 is 7.25. The summed E-state index contributed by atoms with van der Waals surface area (Å²) in [6, 6.07) is 33.3. The lowest BCUT2D eigenvalue weighted by molar-refractivity contribution is 0.688. The number of hydrogen-bond donors (Lipinski definition) is 0. The van der Waals surface area contributed by atoms with E-state index in [0.717, 1.165) is 54.4 Å². The summed E-state index contributed by atoms with van der Waals surface area (Å²) in [5.41, 5.74) is 7.32. The van der Waals surface area contributed by atoms with Gasteiger partial charge in [-0.05, 0) is 54.4 Å². The summed E-state index contributed by atoms with van der Waals surface area (Å²) in [7, 11) is 0. The van der Waals surface area contributed by atoms with Crippen LogP contribution >= 0.6 is 31.9 Å². The van der Waals surface area contributed by atoms with E-state index in [1.165, 1.54) is 5.56 Å². The van der Waals surface area contributed by atoms with Crippen molar-refractivity contribution in [3.8, 4) is 11.3 Å². The van der Waals surface area contributed by atoms with Crippen molar-refractivity contribution in [3.05, 3.63) is 123 Å². The number of benzene rings is 4. The molecule has 1 atom stereocenters. The lowest BCUT2D eigenvalue weighted by atomic mass is 9.98. The molecule has 2 heterocycles. The zero-order chi connectivity index (χ0) is 24.6. The zero-order valence-corrected chi connectivity index (χ0v) is 22.7. The monoisotopic (exact) mass is 596 g/mol. The van der Waals surface area contributed by atoms with Crippen molar-refractivity contribution >= 4 is 54.4 Å². The Labute approximate surface area is 227 Å². The van der Waals surface area contributed by atoms with E-state index in [1.807, 2.05) is 41.4 Å². The smallest absolute Gasteiger partial charge is 0.223 e. The van der Waals surface area contributed by atoms with E-state index in [2.05, 4.69) is 99.4 Å². The van der Waals surface area contributed by atoms with Crippen LogP contribution in [0.2, 0.25) is 0 Å². The fourth-order valence-corrected chi connectivity index (χ4v) is 5.48. The maximum Gasteiger partial charge on any atom is 0.247 e. The van der Waals surface area contributed by atoms with Crippen molar-refractivity contribution in [1.29, 1.82) is 0 Å². The summed E-state index contributed by atoms with van der Waals surface area (Å²) < 4.78 is 2.07. The summed E-state index contributed by atoms with van der Waals surface area (Å²) in [5, 5.41) is 8.14. The Morgan fingerprint density at radius 3 is 2.28 bits per heavy atom. The van der Waals surface area contributed by atoms with Gasteiger partial charge in [0.2, 0.25) is 5.95 Å². The molecule has 1 aliphatic rings. The standard InChI is InChI=1S/C30H22Br2N4/c1-19-13-14-26-25(15-19)29(20-7-3-2-4-8-20)34-30(33-26)36-28(22-10-6-12-24(32)17-22)18-27(35-36)21-9-5-11-23(31)16-21/h2-17,28H,18H2,1H3. The fourth-order valence-electron chi connectivity index (χ4n) is 4.66. The highest BCUT2D eigenvalue weighted by atomic mass is 79.9. The molecule has 1 aliphatic heterocycles. The molecule has 0 N–H and O–H groups in total. The molecule has 0 amide bonds. The molecule has 0 saturated carbocycles. The first-order chi connectivity index (χ1) is 17.5. The molecular formula is C30H22Br2N4. The maximum absolute atomic E-state index is 5.12. The van der Waals surface area contributed by atoms with Crippen molar-refractivity contribution in [2.45, 2.75) is 19.4 Å². The van der Waals surface area contributed by atoms with E-state index < -0.39 is 0 Å².